The van der Waals surface area contributed by atoms with Crippen LogP contribution in [0.5, 0.6) is 0 Å². The molecule has 1 atom stereocenters. The van der Waals surface area contributed by atoms with Gasteiger partial charge in [0, 0.05) is 0 Å². The number of carbonyl (C=O) groups excluding carboxylic acids is 1. The van der Waals surface area contributed by atoms with Crippen LogP contribution in [0, 0.1) is 0 Å². The highest BCUT2D eigenvalue weighted by molar-refractivity contribution is 5.77. The lowest BCUT2D eigenvalue weighted by molar-refractivity contribution is -0.124. The van der Waals surface area contributed by atoms with Gasteiger partial charge in [0.25, 0.3) is 0 Å². The van der Waals surface area contributed by atoms with Crippen LogP contribution in [-0.4, -0.2) is 23.8 Å². The largest absolute Gasteiger partial charge is 0.387 e. The van der Waals surface area contributed by atoms with Crippen molar-refractivity contribution in [1.29, 1.82) is 0 Å². The molecular formula is C4H10N2O2. The topological polar surface area (TPSA) is 75.3 Å². The first-order valence-corrected chi connectivity index (χ1v) is 2.32. The van der Waals surface area contributed by atoms with Crippen molar-refractivity contribution < 1.29 is 9.90 Å². The number of nitrogens with two attached hydrogens (primary N) is 1. The van der Waals surface area contributed by atoms with Crippen LogP contribution in [0.1, 0.15) is 6.92 Å². The predicted molar refractivity (Wildman–Crippen MR) is 28.9 cm³/mol. The zero-order valence-corrected chi connectivity index (χ0v) is 4.72. The van der Waals surface area contributed by atoms with Crippen molar-refractivity contribution in [1.82, 2.24) is 5.32 Å². The van der Waals surface area contributed by atoms with Gasteiger partial charge in [0.15, 0.2) is 0 Å². The number of amides is 1. The Morgan fingerprint density at radius 3 is 2.62 bits per heavy atom. The maximum absolute atomic E-state index is 10.2. The van der Waals surface area contributed by atoms with Crippen molar-refractivity contribution >= 4 is 5.91 Å². The summed E-state index contributed by atoms with van der Waals surface area (Å²) in [5, 5.41) is 10.4. The van der Waals surface area contributed by atoms with Crippen molar-refractivity contribution in [2.45, 2.75) is 13.1 Å². The SMILES string of the molecule is CC(N)NC(=O)CO. The van der Waals surface area contributed by atoms with E-state index in [1.54, 1.807) is 6.92 Å². The van der Waals surface area contributed by atoms with E-state index in [1.165, 1.54) is 0 Å². The summed E-state index contributed by atoms with van der Waals surface area (Å²) in [6.07, 6.45) is -0.380. The Kier molecular flexibility index (Phi) is 3.14. The third-order valence-electron chi connectivity index (χ3n) is 0.532. The van der Waals surface area contributed by atoms with Crippen LogP contribution >= 0.6 is 0 Å². The molecule has 4 nitrogen and oxygen atoms in total. The molecule has 1 unspecified atom stereocenters. The molecule has 0 aromatic carbocycles. The van der Waals surface area contributed by atoms with E-state index in [4.69, 9.17) is 10.8 Å². The highest BCUT2D eigenvalue weighted by atomic mass is 16.3. The Bertz CT molecular complexity index is 82.1. The van der Waals surface area contributed by atoms with Crippen molar-refractivity contribution in [3.05, 3.63) is 0 Å². The minimum Gasteiger partial charge on any atom is -0.387 e. The lowest BCUT2D eigenvalue weighted by Gasteiger charge is -2.04. The lowest BCUT2D eigenvalue weighted by Crippen LogP contribution is -2.40. The van der Waals surface area contributed by atoms with Gasteiger partial charge in [0.05, 0.1) is 6.17 Å². The Balaban J connectivity index is 3.25. The molecule has 0 aliphatic rings. The fourth-order valence-corrected chi connectivity index (χ4v) is 0.300. The van der Waals surface area contributed by atoms with Gasteiger partial charge in [0.2, 0.25) is 5.91 Å². The van der Waals surface area contributed by atoms with Crippen molar-refractivity contribution in [2.24, 2.45) is 5.73 Å². The van der Waals surface area contributed by atoms with E-state index in [1.807, 2.05) is 0 Å². The van der Waals surface area contributed by atoms with E-state index in [0.29, 0.717) is 0 Å². The van der Waals surface area contributed by atoms with Crippen molar-refractivity contribution in [3.63, 3.8) is 0 Å². The molecule has 0 aromatic heterocycles. The Hall–Kier alpha value is -0.610. The van der Waals surface area contributed by atoms with E-state index in [-0.39, 0.29) is 6.17 Å². The number of aliphatic hydroxyl groups is 1. The molecule has 0 radical (unpaired) electrons. The first-order chi connectivity index (χ1) is 3.66. The summed E-state index contributed by atoms with van der Waals surface area (Å²) >= 11 is 0. The summed E-state index contributed by atoms with van der Waals surface area (Å²) in [4.78, 5) is 10.2. The Morgan fingerprint density at radius 2 is 2.50 bits per heavy atom. The number of carbonyl (C=O) groups is 1. The fraction of sp³-hybridized carbons (Fsp3) is 0.750. The van der Waals surface area contributed by atoms with E-state index in [9.17, 15) is 4.79 Å². The molecule has 1 amide bonds. The summed E-state index contributed by atoms with van der Waals surface area (Å²) in [6, 6.07) is 0. The molecule has 0 spiro atoms. The minimum atomic E-state index is -0.498. The molecule has 0 saturated heterocycles. The van der Waals surface area contributed by atoms with Gasteiger partial charge >= 0.3 is 0 Å². The number of nitrogens with one attached hydrogen (secondary N) is 1. The molecule has 4 N–H and O–H groups in total. The van der Waals surface area contributed by atoms with E-state index < -0.39 is 12.5 Å². The van der Waals surface area contributed by atoms with Crippen LogP contribution in [0.25, 0.3) is 0 Å². The Labute approximate surface area is 47.7 Å². The summed E-state index contributed by atoms with van der Waals surface area (Å²) < 4.78 is 0. The van der Waals surface area contributed by atoms with Crippen molar-refractivity contribution in [3.8, 4) is 0 Å². The minimum absolute atomic E-state index is 0.380. The third-order valence-corrected chi connectivity index (χ3v) is 0.532. The van der Waals surface area contributed by atoms with Crippen molar-refractivity contribution in [2.75, 3.05) is 6.61 Å². The third kappa shape index (κ3) is 3.58. The first-order valence-electron chi connectivity index (χ1n) is 2.32. The summed E-state index contributed by atoms with van der Waals surface area (Å²) in [5.74, 6) is -0.444. The van der Waals surface area contributed by atoms with E-state index in [0.717, 1.165) is 0 Å². The molecule has 0 saturated carbocycles. The normalized spacial score (nSPS) is 12.9. The Morgan fingerprint density at radius 1 is 2.00 bits per heavy atom. The summed E-state index contributed by atoms with van der Waals surface area (Å²) in [7, 11) is 0. The molecule has 0 aromatic rings. The van der Waals surface area contributed by atoms with Gasteiger partial charge in [-0.2, -0.15) is 0 Å². The van der Waals surface area contributed by atoms with Crippen LogP contribution in [0.3, 0.4) is 0 Å². The number of hydrogen-bond acceptors (Lipinski definition) is 3. The van der Waals surface area contributed by atoms with Gasteiger partial charge in [-0.25, -0.2) is 0 Å². The molecule has 8 heavy (non-hydrogen) atoms. The molecule has 0 aliphatic carbocycles. The quantitative estimate of drug-likeness (QED) is 0.382. The summed E-state index contributed by atoms with van der Waals surface area (Å²) in [5.41, 5.74) is 5.13. The monoisotopic (exact) mass is 118 g/mol. The van der Waals surface area contributed by atoms with Gasteiger partial charge in [0.1, 0.15) is 6.61 Å². The zero-order chi connectivity index (χ0) is 6.57. The average Bonchev–Trinajstić information content (AvgIpc) is 1.65. The van der Waals surface area contributed by atoms with Crippen LogP contribution in [0.15, 0.2) is 0 Å². The standard InChI is InChI=1S/C4H10N2O2/c1-3(5)6-4(8)2-7/h3,7H,2,5H2,1H3,(H,6,8). The molecule has 4 heteroatoms. The number of rotatable bonds is 2. The molecule has 0 heterocycles. The van der Waals surface area contributed by atoms with Gasteiger partial charge in [-0.05, 0) is 6.92 Å². The molecule has 0 bridgehead atoms. The predicted octanol–water partition coefficient (Wildman–Crippen LogP) is -1.60. The van der Waals surface area contributed by atoms with Gasteiger partial charge in [-0.1, -0.05) is 0 Å². The summed E-state index contributed by atoms with van der Waals surface area (Å²) in [6.45, 7) is 1.12. The second-order valence-corrected chi connectivity index (χ2v) is 1.51. The average molecular weight is 118 g/mol. The zero-order valence-electron chi connectivity index (χ0n) is 4.72. The van der Waals surface area contributed by atoms with Gasteiger partial charge in [-0.15, -0.1) is 0 Å². The first kappa shape index (κ1) is 7.39. The van der Waals surface area contributed by atoms with Gasteiger partial charge in [-0.3, -0.25) is 4.79 Å². The smallest absolute Gasteiger partial charge is 0.246 e. The van der Waals surface area contributed by atoms with E-state index in [2.05, 4.69) is 5.32 Å². The van der Waals surface area contributed by atoms with E-state index >= 15 is 0 Å². The van der Waals surface area contributed by atoms with Crippen LogP contribution < -0.4 is 11.1 Å². The lowest BCUT2D eigenvalue weighted by atomic mass is 10.5. The molecule has 0 fully saturated rings. The second-order valence-electron chi connectivity index (χ2n) is 1.51. The van der Waals surface area contributed by atoms with Gasteiger partial charge < -0.3 is 16.2 Å². The highest BCUT2D eigenvalue weighted by Gasteiger charge is 1.97. The molecule has 48 valence electrons. The maximum Gasteiger partial charge on any atom is 0.246 e. The van der Waals surface area contributed by atoms with Crippen LogP contribution in [0.4, 0.5) is 0 Å². The number of aliphatic hydroxyl groups excluding tert-OH is 1. The molecular weight excluding hydrogens is 108 g/mol. The molecule has 0 aliphatic heterocycles. The second kappa shape index (κ2) is 3.40. The highest BCUT2D eigenvalue weighted by Crippen LogP contribution is 1.65. The van der Waals surface area contributed by atoms with Crippen LogP contribution in [0.2, 0.25) is 0 Å². The molecule has 0 rings (SSSR count). The number of hydrogen-bond donors (Lipinski definition) is 3. The fourth-order valence-electron chi connectivity index (χ4n) is 0.300. The van der Waals surface area contributed by atoms with Crippen LogP contribution in [-0.2, 0) is 4.79 Å². The maximum atomic E-state index is 10.2.